The molecule has 2 aromatic carbocycles. The van der Waals surface area contributed by atoms with Crippen LogP contribution in [0.3, 0.4) is 0 Å². The number of rotatable bonds is 7. The Bertz CT molecular complexity index is 1170. The van der Waals surface area contributed by atoms with Crippen molar-refractivity contribution in [2.75, 3.05) is 6.26 Å². The standard InChI is InChI=1S/C22H19NO4S3/c1-28-18-10-7-16(8-11-18)9-12-19-13-14-21(29-19)30(26,27)23-20(22(24)25)15-17-5-3-2-4-6-17/h2-8,10-11,13-14,20,23H,15H2,1H3,(H,24,25). The van der Waals surface area contributed by atoms with Gasteiger partial charge in [0.25, 0.3) is 10.0 Å². The van der Waals surface area contributed by atoms with Gasteiger partial charge in [-0.3, -0.25) is 4.79 Å². The minimum absolute atomic E-state index is 0.0313. The Morgan fingerprint density at radius 1 is 1.07 bits per heavy atom. The first-order valence-corrected chi connectivity index (χ1v) is 12.4. The zero-order valence-corrected chi connectivity index (χ0v) is 18.5. The topological polar surface area (TPSA) is 83.5 Å². The number of carboxylic acids is 1. The van der Waals surface area contributed by atoms with Crippen LogP contribution in [0.2, 0.25) is 0 Å². The molecule has 0 aliphatic carbocycles. The molecule has 2 N–H and O–H groups in total. The number of aliphatic carboxylic acids is 1. The number of carbonyl (C=O) groups is 1. The third-order valence-corrected chi connectivity index (χ3v) is 7.85. The molecule has 30 heavy (non-hydrogen) atoms. The summed E-state index contributed by atoms with van der Waals surface area (Å²) in [7, 11) is -3.98. The summed E-state index contributed by atoms with van der Waals surface area (Å²) in [6, 6.07) is 18.5. The van der Waals surface area contributed by atoms with Crippen LogP contribution in [-0.4, -0.2) is 31.8 Å². The quantitative estimate of drug-likeness (QED) is 0.416. The minimum Gasteiger partial charge on any atom is -0.480 e. The van der Waals surface area contributed by atoms with Crippen LogP contribution in [0.25, 0.3) is 0 Å². The number of nitrogens with one attached hydrogen (secondary N) is 1. The first-order chi connectivity index (χ1) is 14.4. The average molecular weight is 458 g/mol. The van der Waals surface area contributed by atoms with E-state index in [0.717, 1.165) is 27.4 Å². The predicted octanol–water partition coefficient (Wildman–Crippen LogP) is 3.84. The molecule has 0 amide bonds. The van der Waals surface area contributed by atoms with Gasteiger partial charge < -0.3 is 5.11 Å². The Balaban J connectivity index is 1.74. The van der Waals surface area contributed by atoms with Gasteiger partial charge in [-0.2, -0.15) is 4.72 Å². The van der Waals surface area contributed by atoms with Gasteiger partial charge in [0.1, 0.15) is 10.3 Å². The molecule has 0 bridgehead atoms. The summed E-state index contributed by atoms with van der Waals surface area (Å²) in [5.41, 5.74) is 1.57. The smallest absolute Gasteiger partial charge is 0.322 e. The van der Waals surface area contributed by atoms with Gasteiger partial charge in [0.15, 0.2) is 0 Å². The number of thioether (sulfide) groups is 1. The molecule has 0 saturated heterocycles. The van der Waals surface area contributed by atoms with Gasteiger partial charge in [-0.25, -0.2) is 8.42 Å². The Labute approximate surface area is 184 Å². The van der Waals surface area contributed by atoms with E-state index in [-0.39, 0.29) is 10.6 Å². The Hall–Kier alpha value is -2.57. The molecular weight excluding hydrogens is 438 g/mol. The van der Waals surface area contributed by atoms with Gasteiger partial charge in [0, 0.05) is 10.5 Å². The van der Waals surface area contributed by atoms with Gasteiger partial charge in [0.05, 0.1) is 4.88 Å². The van der Waals surface area contributed by atoms with E-state index in [9.17, 15) is 18.3 Å². The molecule has 1 aromatic heterocycles. The maximum absolute atomic E-state index is 12.7. The fourth-order valence-electron chi connectivity index (χ4n) is 2.61. The second-order valence-electron chi connectivity index (χ2n) is 6.30. The van der Waals surface area contributed by atoms with Gasteiger partial charge in [0.2, 0.25) is 0 Å². The van der Waals surface area contributed by atoms with Crippen molar-refractivity contribution >= 4 is 39.1 Å². The molecule has 0 aliphatic rings. The lowest BCUT2D eigenvalue weighted by Gasteiger charge is -2.14. The summed E-state index contributed by atoms with van der Waals surface area (Å²) in [6.45, 7) is 0. The molecule has 0 aliphatic heterocycles. The monoisotopic (exact) mass is 457 g/mol. The maximum atomic E-state index is 12.7. The molecule has 0 fully saturated rings. The van der Waals surface area contributed by atoms with Crippen LogP contribution in [0.4, 0.5) is 0 Å². The second kappa shape index (κ2) is 9.96. The van der Waals surface area contributed by atoms with Crippen molar-refractivity contribution < 1.29 is 18.3 Å². The van der Waals surface area contributed by atoms with Crippen LogP contribution in [0, 0.1) is 11.8 Å². The molecule has 0 radical (unpaired) electrons. The Morgan fingerprint density at radius 3 is 2.40 bits per heavy atom. The number of hydrogen-bond donors (Lipinski definition) is 2. The van der Waals surface area contributed by atoms with E-state index in [1.165, 1.54) is 6.07 Å². The van der Waals surface area contributed by atoms with Gasteiger partial charge >= 0.3 is 5.97 Å². The first-order valence-electron chi connectivity index (χ1n) is 8.92. The molecular formula is C22H19NO4S3. The Kier molecular flexibility index (Phi) is 7.34. The van der Waals surface area contributed by atoms with Gasteiger partial charge in [-0.1, -0.05) is 42.2 Å². The predicted molar refractivity (Wildman–Crippen MR) is 120 cm³/mol. The first kappa shape index (κ1) is 22.1. The lowest BCUT2D eigenvalue weighted by atomic mass is 10.1. The van der Waals surface area contributed by atoms with Crippen molar-refractivity contribution in [1.29, 1.82) is 0 Å². The summed E-state index contributed by atoms with van der Waals surface area (Å²) in [5.74, 6) is 4.74. The number of benzene rings is 2. The van der Waals surface area contributed by atoms with Crippen molar-refractivity contribution in [3.63, 3.8) is 0 Å². The molecule has 8 heteroatoms. The van der Waals surface area contributed by atoms with Crippen LogP contribution in [0.1, 0.15) is 16.0 Å². The summed E-state index contributed by atoms with van der Waals surface area (Å²) >= 11 is 2.65. The molecule has 0 saturated carbocycles. The third kappa shape index (κ3) is 5.97. The van der Waals surface area contributed by atoms with Crippen LogP contribution < -0.4 is 4.72 Å². The molecule has 3 aromatic rings. The van der Waals surface area contributed by atoms with E-state index >= 15 is 0 Å². The summed E-state index contributed by atoms with van der Waals surface area (Å²) < 4.78 is 27.7. The van der Waals surface area contributed by atoms with Crippen molar-refractivity contribution in [2.24, 2.45) is 0 Å². The molecule has 0 spiro atoms. The molecule has 1 atom stereocenters. The van der Waals surface area contributed by atoms with E-state index in [1.807, 2.05) is 36.6 Å². The van der Waals surface area contributed by atoms with Gasteiger partial charge in [-0.15, -0.1) is 23.1 Å². The molecule has 1 unspecified atom stereocenters. The summed E-state index contributed by atoms with van der Waals surface area (Å²) in [4.78, 5) is 13.3. The van der Waals surface area contributed by atoms with Crippen molar-refractivity contribution in [1.82, 2.24) is 4.72 Å². The maximum Gasteiger partial charge on any atom is 0.322 e. The van der Waals surface area contributed by atoms with E-state index in [1.54, 1.807) is 42.1 Å². The number of sulfonamides is 1. The van der Waals surface area contributed by atoms with E-state index in [0.29, 0.717) is 4.88 Å². The van der Waals surface area contributed by atoms with Crippen LogP contribution in [0.5, 0.6) is 0 Å². The lowest BCUT2D eigenvalue weighted by Crippen LogP contribution is -2.42. The SMILES string of the molecule is CSc1ccc(C#Cc2ccc(S(=O)(=O)NC(Cc3ccccc3)C(=O)O)s2)cc1. The highest BCUT2D eigenvalue weighted by Crippen LogP contribution is 2.22. The normalized spacial score (nSPS) is 12.0. The number of carboxylic acid groups (broad SMARTS) is 1. The fourth-order valence-corrected chi connectivity index (χ4v) is 5.39. The highest BCUT2D eigenvalue weighted by molar-refractivity contribution is 7.98. The van der Waals surface area contributed by atoms with E-state index < -0.39 is 22.0 Å². The van der Waals surface area contributed by atoms with Crippen molar-refractivity contribution in [2.45, 2.75) is 21.6 Å². The average Bonchev–Trinajstić information content (AvgIpc) is 3.23. The van der Waals surface area contributed by atoms with Crippen molar-refractivity contribution in [3.05, 3.63) is 82.7 Å². The zero-order chi connectivity index (χ0) is 21.6. The summed E-state index contributed by atoms with van der Waals surface area (Å²) in [6.07, 6.45) is 2.05. The highest BCUT2D eigenvalue weighted by Gasteiger charge is 2.26. The number of thiophene rings is 1. The third-order valence-electron chi connectivity index (χ3n) is 4.14. The van der Waals surface area contributed by atoms with Crippen LogP contribution >= 0.6 is 23.1 Å². The second-order valence-corrected chi connectivity index (χ2v) is 10.2. The van der Waals surface area contributed by atoms with Crippen molar-refractivity contribution in [3.8, 4) is 11.8 Å². The molecule has 1 heterocycles. The summed E-state index contributed by atoms with van der Waals surface area (Å²) in [5, 5.41) is 9.45. The minimum atomic E-state index is -3.98. The van der Waals surface area contributed by atoms with E-state index in [4.69, 9.17) is 0 Å². The molecule has 3 rings (SSSR count). The van der Waals surface area contributed by atoms with Crippen LogP contribution in [-0.2, 0) is 21.2 Å². The molecule has 5 nitrogen and oxygen atoms in total. The zero-order valence-electron chi connectivity index (χ0n) is 16.0. The van der Waals surface area contributed by atoms with Gasteiger partial charge in [-0.05, 0) is 54.6 Å². The highest BCUT2D eigenvalue weighted by atomic mass is 32.2. The lowest BCUT2D eigenvalue weighted by molar-refractivity contribution is -0.138. The molecule has 154 valence electrons. The van der Waals surface area contributed by atoms with E-state index in [2.05, 4.69) is 16.6 Å². The fraction of sp³-hybridized carbons (Fsp3) is 0.136. The number of hydrogen-bond acceptors (Lipinski definition) is 5. The Morgan fingerprint density at radius 2 is 1.77 bits per heavy atom. The largest absolute Gasteiger partial charge is 0.480 e. The van der Waals surface area contributed by atoms with Crippen LogP contribution in [0.15, 0.2) is 75.8 Å².